The second kappa shape index (κ2) is 4.19. The highest BCUT2D eigenvalue weighted by Gasteiger charge is 2.13. The van der Waals surface area contributed by atoms with Crippen molar-refractivity contribution in [1.82, 2.24) is 0 Å². The molecule has 1 aromatic rings. The number of benzene rings is 1. The number of halogens is 1. The van der Waals surface area contributed by atoms with Gasteiger partial charge in [0.05, 0.1) is 6.42 Å². The monoisotopic (exact) mass is 197 g/mol. The number of hydrogen-bond donors (Lipinski definition) is 2. The molecular formula is C10H12FNO2. The van der Waals surface area contributed by atoms with Gasteiger partial charge in [-0.3, -0.25) is 4.79 Å². The van der Waals surface area contributed by atoms with Gasteiger partial charge in [0.15, 0.2) is 0 Å². The lowest BCUT2D eigenvalue weighted by atomic mass is 9.99. The molecule has 1 rings (SSSR count). The second-order valence-corrected chi connectivity index (χ2v) is 3.21. The lowest BCUT2D eigenvalue weighted by Gasteiger charge is -2.12. The molecule has 0 fully saturated rings. The molecule has 0 aromatic heterocycles. The van der Waals surface area contributed by atoms with E-state index in [4.69, 9.17) is 10.8 Å². The molecule has 0 aliphatic rings. The molecule has 1 atom stereocenters. The summed E-state index contributed by atoms with van der Waals surface area (Å²) in [4.78, 5) is 10.4. The molecule has 3 nitrogen and oxygen atoms in total. The number of carbonyl (C=O) groups is 1. The SMILES string of the molecule is Cc1ccc(F)cc1[C@H](N)CC(=O)O. The lowest BCUT2D eigenvalue weighted by Crippen LogP contribution is -2.16. The first-order chi connectivity index (χ1) is 6.50. The predicted molar refractivity (Wildman–Crippen MR) is 50.3 cm³/mol. The fourth-order valence-electron chi connectivity index (χ4n) is 1.31. The van der Waals surface area contributed by atoms with E-state index in [-0.39, 0.29) is 6.42 Å². The fourth-order valence-corrected chi connectivity index (χ4v) is 1.31. The van der Waals surface area contributed by atoms with E-state index in [1.165, 1.54) is 12.1 Å². The molecular weight excluding hydrogens is 185 g/mol. The third-order valence-corrected chi connectivity index (χ3v) is 2.04. The molecule has 0 bridgehead atoms. The van der Waals surface area contributed by atoms with Gasteiger partial charge in [0, 0.05) is 6.04 Å². The van der Waals surface area contributed by atoms with Crippen LogP contribution in [0.3, 0.4) is 0 Å². The first kappa shape index (κ1) is 10.7. The highest BCUT2D eigenvalue weighted by Crippen LogP contribution is 2.19. The number of rotatable bonds is 3. The van der Waals surface area contributed by atoms with Crippen molar-refractivity contribution < 1.29 is 14.3 Å². The quantitative estimate of drug-likeness (QED) is 0.773. The van der Waals surface area contributed by atoms with E-state index in [2.05, 4.69) is 0 Å². The van der Waals surface area contributed by atoms with Crippen LogP contribution in [0.25, 0.3) is 0 Å². The Morgan fingerprint density at radius 1 is 1.64 bits per heavy atom. The van der Waals surface area contributed by atoms with Crippen molar-refractivity contribution in [2.75, 3.05) is 0 Å². The third kappa shape index (κ3) is 2.53. The van der Waals surface area contributed by atoms with Gasteiger partial charge in [0.25, 0.3) is 0 Å². The molecule has 0 heterocycles. The second-order valence-electron chi connectivity index (χ2n) is 3.21. The maximum absolute atomic E-state index is 12.8. The first-order valence-corrected chi connectivity index (χ1v) is 4.24. The van der Waals surface area contributed by atoms with E-state index >= 15 is 0 Å². The zero-order valence-electron chi connectivity index (χ0n) is 7.83. The average molecular weight is 197 g/mol. The molecule has 0 aliphatic carbocycles. The largest absolute Gasteiger partial charge is 0.481 e. The molecule has 0 saturated heterocycles. The Kier molecular flexibility index (Phi) is 3.19. The van der Waals surface area contributed by atoms with E-state index in [0.29, 0.717) is 5.56 Å². The van der Waals surface area contributed by atoms with Crippen molar-refractivity contribution in [3.8, 4) is 0 Å². The maximum atomic E-state index is 12.8. The first-order valence-electron chi connectivity index (χ1n) is 4.24. The van der Waals surface area contributed by atoms with Gasteiger partial charge in [0.2, 0.25) is 0 Å². The fraction of sp³-hybridized carbons (Fsp3) is 0.300. The number of aryl methyl sites for hydroxylation is 1. The summed E-state index contributed by atoms with van der Waals surface area (Å²) < 4.78 is 12.8. The van der Waals surface area contributed by atoms with Gasteiger partial charge in [-0.1, -0.05) is 6.07 Å². The molecule has 0 radical (unpaired) electrons. The molecule has 0 aliphatic heterocycles. The molecule has 0 amide bonds. The van der Waals surface area contributed by atoms with Gasteiger partial charge >= 0.3 is 5.97 Å². The summed E-state index contributed by atoms with van der Waals surface area (Å²) in [6.07, 6.45) is -0.190. The van der Waals surface area contributed by atoms with E-state index in [1.807, 2.05) is 0 Å². The summed E-state index contributed by atoms with van der Waals surface area (Å²) in [6.45, 7) is 1.77. The highest BCUT2D eigenvalue weighted by molar-refractivity contribution is 5.68. The van der Waals surface area contributed by atoms with Gasteiger partial charge in [-0.2, -0.15) is 0 Å². The number of carboxylic acids is 1. The zero-order chi connectivity index (χ0) is 10.7. The standard InChI is InChI=1S/C10H12FNO2/c1-6-2-3-7(11)4-8(6)9(12)5-10(13)14/h2-4,9H,5,12H2,1H3,(H,13,14)/t9-/m1/s1. The Morgan fingerprint density at radius 3 is 2.86 bits per heavy atom. The van der Waals surface area contributed by atoms with Crippen molar-refractivity contribution in [2.24, 2.45) is 5.73 Å². The van der Waals surface area contributed by atoms with Gasteiger partial charge < -0.3 is 10.8 Å². The number of nitrogens with two attached hydrogens (primary N) is 1. The Bertz CT molecular complexity index is 352. The molecule has 14 heavy (non-hydrogen) atoms. The Balaban J connectivity index is 2.93. The van der Waals surface area contributed by atoms with E-state index < -0.39 is 17.8 Å². The van der Waals surface area contributed by atoms with Gasteiger partial charge in [-0.05, 0) is 30.2 Å². The minimum atomic E-state index is -0.985. The summed E-state index contributed by atoms with van der Waals surface area (Å²) >= 11 is 0. The maximum Gasteiger partial charge on any atom is 0.305 e. The predicted octanol–water partition coefficient (Wildman–Crippen LogP) is 1.61. The Hall–Kier alpha value is -1.42. The van der Waals surface area contributed by atoms with Crippen molar-refractivity contribution in [3.63, 3.8) is 0 Å². The van der Waals surface area contributed by atoms with E-state index in [9.17, 15) is 9.18 Å². The summed E-state index contributed by atoms with van der Waals surface area (Å²) in [6, 6.07) is 3.55. The van der Waals surface area contributed by atoms with Crippen LogP contribution in [0.1, 0.15) is 23.6 Å². The van der Waals surface area contributed by atoms with Crippen molar-refractivity contribution in [1.29, 1.82) is 0 Å². The number of aliphatic carboxylic acids is 1. The smallest absolute Gasteiger partial charge is 0.305 e. The molecule has 3 N–H and O–H groups in total. The number of hydrogen-bond acceptors (Lipinski definition) is 2. The number of carboxylic acid groups (broad SMARTS) is 1. The van der Waals surface area contributed by atoms with Crippen molar-refractivity contribution in [2.45, 2.75) is 19.4 Å². The van der Waals surface area contributed by atoms with E-state index in [0.717, 1.165) is 5.56 Å². The van der Waals surface area contributed by atoms with Crippen LogP contribution in [-0.2, 0) is 4.79 Å². The van der Waals surface area contributed by atoms with Crippen LogP contribution >= 0.6 is 0 Å². The summed E-state index contributed by atoms with van der Waals surface area (Å²) in [5.41, 5.74) is 6.97. The van der Waals surface area contributed by atoms with Crippen LogP contribution in [0, 0.1) is 12.7 Å². The van der Waals surface area contributed by atoms with Gasteiger partial charge in [-0.15, -0.1) is 0 Å². The summed E-state index contributed by atoms with van der Waals surface area (Å²) in [5.74, 6) is -1.38. The molecule has 76 valence electrons. The highest BCUT2D eigenvalue weighted by atomic mass is 19.1. The molecule has 1 aromatic carbocycles. The lowest BCUT2D eigenvalue weighted by molar-refractivity contribution is -0.137. The summed E-state index contributed by atoms with van der Waals surface area (Å²) in [5, 5.41) is 8.53. The van der Waals surface area contributed by atoms with Gasteiger partial charge in [0.1, 0.15) is 5.82 Å². The molecule has 0 saturated carbocycles. The Morgan fingerprint density at radius 2 is 2.29 bits per heavy atom. The average Bonchev–Trinajstić information content (AvgIpc) is 2.08. The van der Waals surface area contributed by atoms with Gasteiger partial charge in [-0.25, -0.2) is 4.39 Å². The minimum Gasteiger partial charge on any atom is -0.481 e. The van der Waals surface area contributed by atoms with Crippen molar-refractivity contribution >= 4 is 5.97 Å². The van der Waals surface area contributed by atoms with Crippen LogP contribution in [0.4, 0.5) is 4.39 Å². The topological polar surface area (TPSA) is 63.3 Å². The third-order valence-electron chi connectivity index (χ3n) is 2.04. The Labute approximate surface area is 81.4 Å². The van der Waals surface area contributed by atoms with E-state index in [1.54, 1.807) is 13.0 Å². The van der Waals surface area contributed by atoms with Crippen LogP contribution in [0.2, 0.25) is 0 Å². The molecule has 0 unspecified atom stereocenters. The van der Waals surface area contributed by atoms with Crippen LogP contribution in [0.5, 0.6) is 0 Å². The minimum absolute atomic E-state index is 0.190. The molecule has 4 heteroatoms. The van der Waals surface area contributed by atoms with Crippen LogP contribution in [0.15, 0.2) is 18.2 Å². The summed E-state index contributed by atoms with van der Waals surface area (Å²) in [7, 11) is 0. The van der Waals surface area contributed by atoms with Crippen LogP contribution in [-0.4, -0.2) is 11.1 Å². The zero-order valence-corrected chi connectivity index (χ0v) is 7.83. The van der Waals surface area contributed by atoms with Crippen LogP contribution < -0.4 is 5.73 Å². The normalized spacial score (nSPS) is 12.5. The van der Waals surface area contributed by atoms with Crippen molar-refractivity contribution in [3.05, 3.63) is 35.1 Å². The molecule has 0 spiro atoms.